The van der Waals surface area contributed by atoms with Gasteiger partial charge in [0.05, 0.1) is 20.8 Å². The molecule has 0 bridgehead atoms. The lowest BCUT2D eigenvalue weighted by molar-refractivity contribution is 0.0963. The van der Waals surface area contributed by atoms with Crippen molar-refractivity contribution in [3.63, 3.8) is 0 Å². The largest absolute Gasteiger partial charge is 0.493 e. The Morgan fingerprint density at radius 1 is 1.20 bits per heavy atom. The van der Waals surface area contributed by atoms with E-state index in [4.69, 9.17) is 14.2 Å². The van der Waals surface area contributed by atoms with Gasteiger partial charge in [0, 0.05) is 38.1 Å². The minimum absolute atomic E-state index is 0.148. The number of likely N-dealkylation sites (tertiary alicyclic amines) is 1. The summed E-state index contributed by atoms with van der Waals surface area (Å²) in [6.45, 7) is 8.65. The van der Waals surface area contributed by atoms with Crippen molar-refractivity contribution in [1.29, 1.82) is 0 Å². The number of carbonyl (C=O) groups excluding carboxylic acids is 1. The molecule has 0 aliphatic carbocycles. The average molecular weight is 421 g/mol. The van der Waals surface area contributed by atoms with Crippen molar-refractivity contribution < 1.29 is 19.0 Å². The van der Waals surface area contributed by atoms with Crippen LogP contribution in [0, 0.1) is 0 Å². The van der Waals surface area contributed by atoms with Crippen molar-refractivity contribution in [2.75, 3.05) is 47.5 Å². The lowest BCUT2D eigenvalue weighted by Gasteiger charge is -2.33. The third-order valence-corrected chi connectivity index (χ3v) is 5.45. The molecule has 1 aromatic rings. The summed E-state index contributed by atoms with van der Waals surface area (Å²) in [6, 6.07) is 6.28. The summed E-state index contributed by atoms with van der Waals surface area (Å²) in [5.74, 6) is 2.20. The van der Waals surface area contributed by atoms with Gasteiger partial charge in [0.15, 0.2) is 17.5 Å². The molecule has 8 heteroatoms. The van der Waals surface area contributed by atoms with Crippen molar-refractivity contribution in [2.45, 2.75) is 45.1 Å². The smallest absolute Gasteiger partial charge is 0.409 e. The average Bonchev–Trinajstić information content (AvgIpc) is 2.76. The third-order valence-electron chi connectivity index (χ3n) is 5.45. The Kier molecular flexibility index (Phi) is 8.62. The van der Waals surface area contributed by atoms with Crippen LogP contribution in [0.15, 0.2) is 23.2 Å². The number of nitrogens with one attached hydrogen (secondary N) is 2. The standard InChI is InChI=1S/C22H36N4O4/c1-7-30-21(27)26-12-10-17(11-13-26)25-20(23-4)24-15-22(2,3)16-8-9-18(28-5)19(14-16)29-6/h8-9,14,17H,7,10-13,15H2,1-6H3,(H2,23,24,25). The molecule has 30 heavy (non-hydrogen) atoms. The van der Waals surface area contributed by atoms with Crippen molar-refractivity contribution in [1.82, 2.24) is 15.5 Å². The molecule has 0 unspecified atom stereocenters. The molecule has 1 heterocycles. The number of piperidine rings is 1. The van der Waals surface area contributed by atoms with Crippen LogP contribution >= 0.6 is 0 Å². The topological polar surface area (TPSA) is 84.4 Å². The van der Waals surface area contributed by atoms with E-state index in [1.165, 1.54) is 0 Å². The third kappa shape index (κ3) is 6.18. The van der Waals surface area contributed by atoms with Crippen molar-refractivity contribution in [3.8, 4) is 11.5 Å². The number of amides is 1. The molecule has 0 spiro atoms. The second kappa shape index (κ2) is 10.9. The molecular formula is C22H36N4O4. The van der Waals surface area contributed by atoms with Gasteiger partial charge in [-0.2, -0.15) is 0 Å². The first-order valence-corrected chi connectivity index (χ1v) is 10.5. The Morgan fingerprint density at radius 2 is 1.87 bits per heavy atom. The SMILES string of the molecule is CCOC(=O)N1CCC(NC(=NC)NCC(C)(C)c2ccc(OC)c(OC)c2)CC1. The van der Waals surface area contributed by atoms with Crippen LogP contribution in [0.2, 0.25) is 0 Å². The molecule has 2 N–H and O–H groups in total. The molecular weight excluding hydrogens is 384 g/mol. The van der Waals surface area contributed by atoms with Crippen LogP contribution in [-0.2, 0) is 10.2 Å². The van der Waals surface area contributed by atoms with Gasteiger partial charge in [-0.3, -0.25) is 4.99 Å². The molecule has 8 nitrogen and oxygen atoms in total. The first kappa shape index (κ1) is 23.6. The molecule has 1 aromatic carbocycles. The summed E-state index contributed by atoms with van der Waals surface area (Å²) >= 11 is 0. The highest BCUT2D eigenvalue weighted by Crippen LogP contribution is 2.32. The zero-order valence-electron chi connectivity index (χ0n) is 19.1. The second-order valence-electron chi connectivity index (χ2n) is 7.98. The second-order valence-corrected chi connectivity index (χ2v) is 7.98. The molecule has 1 aliphatic heterocycles. The fourth-order valence-electron chi connectivity index (χ4n) is 3.47. The highest BCUT2D eigenvalue weighted by Gasteiger charge is 2.26. The number of ether oxygens (including phenoxy) is 3. The van der Waals surface area contributed by atoms with Gasteiger partial charge < -0.3 is 29.7 Å². The van der Waals surface area contributed by atoms with Crippen LogP contribution in [0.25, 0.3) is 0 Å². The van der Waals surface area contributed by atoms with Gasteiger partial charge in [-0.25, -0.2) is 4.79 Å². The predicted molar refractivity (Wildman–Crippen MR) is 119 cm³/mol. The van der Waals surface area contributed by atoms with Crippen molar-refractivity contribution in [2.24, 2.45) is 4.99 Å². The van der Waals surface area contributed by atoms with Crippen LogP contribution in [0.4, 0.5) is 4.79 Å². The van der Waals surface area contributed by atoms with E-state index in [2.05, 4.69) is 35.5 Å². The van der Waals surface area contributed by atoms with E-state index in [0.717, 1.165) is 35.9 Å². The molecule has 2 rings (SSSR count). The summed E-state index contributed by atoms with van der Waals surface area (Å²) in [5, 5.41) is 6.91. The van der Waals surface area contributed by atoms with Gasteiger partial charge in [0.2, 0.25) is 0 Å². The van der Waals surface area contributed by atoms with Crippen molar-refractivity contribution in [3.05, 3.63) is 23.8 Å². The Labute approximate surface area is 180 Å². The number of hydrogen-bond donors (Lipinski definition) is 2. The minimum Gasteiger partial charge on any atom is -0.493 e. The van der Waals surface area contributed by atoms with E-state index >= 15 is 0 Å². The van der Waals surface area contributed by atoms with E-state index in [0.29, 0.717) is 26.2 Å². The number of carbonyl (C=O) groups is 1. The van der Waals surface area contributed by atoms with Gasteiger partial charge in [-0.05, 0) is 37.5 Å². The molecule has 168 valence electrons. The number of guanidine groups is 1. The molecule has 1 aliphatic rings. The van der Waals surface area contributed by atoms with E-state index < -0.39 is 0 Å². The number of benzene rings is 1. The summed E-state index contributed by atoms with van der Waals surface area (Å²) in [4.78, 5) is 18.0. The number of nitrogens with zero attached hydrogens (tertiary/aromatic N) is 2. The van der Waals surface area contributed by atoms with E-state index in [-0.39, 0.29) is 17.6 Å². The normalized spacial score (nSPS) is 15.5. The fourth-order valence-corrected chi connectivity index (χ4v) is 3.47. The first-order chi connectivity index (χ1) is 14.3. The molecule has 1 fully saturated rings. The van der Waals surface area contributed by atoms with Crippen LogP contribution in [0.3, 0.4) is 0 Å². The molecule has 0 aromatic heterocycles. The summed E-state index contributed by atoms with van der Waals surface area (Å²) < 4.78 is 15.9. The van der Waals surface area contributed by atoms with Gasteiger partial charge in [-0.1, -0.05) is 19.9 Å². The quantitative estimate of drug-likeness (QED) is 0.521. The Morgan fingerprint density at radius 3 is 2.43 bits per heavy atom. The molecule has 0 atom stereocenters. The number of hydrogen-bond acceptors (Lipinski definition) is 5. The maximum Gasteiger partial charge on any atom is 0.409 e. The summed E-state index contributed by atoms with van der Waals surface area (Å²) in [7, 11) is 5.05. The van der Waals surface area contributed by atoms with Crippen molar-refractivity contribution >= 4 is 12.1 Å². The van der Waals surface area contributed by atoms with Gasteiger partial charge in [-0.15, -0.1) is 0 Å². The van der Waals surface area contributed by atoms with Gasteiger partial charge >= 0.3 is 6.09 Å². The van der Waals surface area contributed by atoms with Crippen LogP contribution in [0.1, 0.15) is 39.2 Å². The Balaban J connectivity index is 1.90. The monoisotopic (exact) mass is 420 g/mol. The van der Waals surface area contributed by atoms with E-state index in [1.807, 2.05) is 19.1 Å². The Hall–Kier alpha value is -2.64. The molecule has 1 saturated heterocycles. The zero-order chi connectivity index (χ0) is 22.1. The predicted octanol–water partition coefficient (Wildman–Crippen LogP) is 2.77. The summed E-state index contributed by atoms with van der Waals surface area (Å²) in [5.41, 5.74) is 0.996. The van der Waals surface area contributed by atoms with Gasteiger partial charge in [0.1, 0.15) is 0 Å². The Bertz CT molecular complexity index is 728. The lowest BCUT2D eigenvalue weighted by Crippen LogP contribution is -2.51. The molecule has 0 saturated carbocycles. The van der Waals surface area contributed by atoms with Gasteiger partial charge in [0.25, 0.3) is 0 Å². The van der Waals surface area contributed by atoms with Crippen LogP contribution < -0.4 is 20.1 Å². The highest BCUT2D eigenvalue weighted by atomic mass is 16.6. The van der Waals surface area contributed by atoms with E-state index in [9.17, 15) is 4.79 Å². The minimum atomic E-state index is -0.227. The molecule has 1 amide bonds. The maximum absolute atomic E-state index is 11.8. The number of rotatable bonds is 7. The maximum atomic E-state index is 11.8. The van der Waals surface area contributed by atoms with Crippen LogP contribution in [0.5, 0.6) is 11.5 Å². The van der Waals surface area contributed by atoms with Crippen LogP contribution in [-0.4, -0.2) is 70.5 Å². The van der Waals surface area contributed by atoms with E-state index in [1.54, 1.807) is 26.2 Å². The highest BCUT2D eigenvalue weighted by molar-refractivity contribution is 5.80. The number of aliphatic imine (C=N–C) groups is 1. The zero-order valence-corrected chi connectivity index (χ0v) is 19.1. The summed E-state index contributed by atoms with van der Waals surface area (Å²) in [6.07, 6.45) is 1.49. The first-order valence-electron chi connectivity index (χ1n) is 10.5. The molecule has 0 radical (unpaired) electrons. The number of methoxy groups -OCH3 is 2. The fraction of sp³-hybridized carbons (Fsp3) is 0.636. The lowest BCUT2D eigenvalue weighted by atomic mass is 9.84.